The van der Waals surface area contributed by atoms with Crippen LogP contribution in [0.4, 0.5) is 5.82 Å². The predicted molar refractivity (Wildman–Crippen MR) is 75.8 cm³/mol. The Morgan fingerprint density at radius 3 is 3.05 bits per heavy atom. The molecular weight excluding hydrogens is 292 g/mol. The van der Waals surface area contributed by atoms with Gasteiger partial charge >= 0.3 is 0 Å². The topological polar surface area (TPSA) is 94.1 Å². The molecule has 0 saturated carbocycles. The first-order chi connectivity index (χ1) is 10.2. The number of rotatable bonds is 5. The number of thiophene rings is 1. The van der Waals surface area contributed by atoms with Gasteiger partial charge in [0.1, 0.15) is 5.76 Å². The van der Waals surface area contributed by atoms with E-state index >= 15 is 0 Å². The first-order valence-electron chi connectivity index (χ1n) is 6.30. The van der Waals surface area contributed by atoms with Crippen LogP contribution in [0.2, 0.25) is 0 Å². The molecule has 0 atom stereocenters. The van der Waals surface area contributed by atoms with E-state index in [0.717, 1.165) is 4.88 Å². The van der Waals surface area contributed by atoms with Crippen molar-refractivity contribution in [1.29, 1.82) is 0 Å². The van der Waals surface area contributed by atoms with Gasteiger partial charge in [0.15, 0.2) is 5.82 Å². The fourth-order valence-corrected chi connectivity index (χ4v) is 2.35. The number of anilines is 1. The SMILES string of the molecule is Cc1cc(NC(=O)CCc2nnc(-c3cccs3)o2)no1. The Morgan fingerprint density at radius 1 is 1.43 bits per heavy atom. The number of nitrogens with one attached hydrogen (secondary N) is 1. The van der Waals surface area contributed by atoms with Gasteiger partial charge in [0.05, 0.1) is 4.88 Å². The first kappa shape index (κ1) is 13.5. The van der Waals surface area contributed by atoms with E-state index in [-0.39, 0.29) is 12.3 Å². The average molecular weight is 304 g/mol. The van der Waals surface area contributed by atoms with Crippen molar-refractivity contribution in [1.82, 2.24) is 15.4 Å². The molecule has 7 nitrogen and oxygen atoms in total. The molecule has 0 bridgehead atoms. The standard InChI is InChI=1S/C13H12N4O3S/c1-8-7-10(17-20-8)14-11(18)4-5-12-15-16-13(19-12)9-3-2-6-21-9/h2-3,6-7H,4-5H2,1H3,(H,14,17,18). The van der Waals surface area contributed by atoms with Crippen LogP contribution in [0, 0.1) is 6.92 Å². The highest BCUT2D eigenvalue weighted by atomic mass is 32.1. The lowest BCUT2D eigenvalue weighted by molar-refractivity contribution is -0.116. The highest BCUT2D eigenvalue weighted by Crippen LogP contribution is 2.23. The summed E-state index contributed by atoms with van der Waals surface area (Å²) in [6.07, 6.45) is 0.610. The summed E-state index contributed by atoms with van der Waals surface area (Å²) >= 11 is 1.52. The van der Waals surface area contributed by atoms with Gasteiger partial charge in [-0.3, -0.25) is 4.79 Å². The van der Waals surface area contributed by atoms with Crippen LogP contribution in [-0.4, -0.2) is 21.3 Å². The van der Waals surface area contributed by atoms with Crippen molar-refractivity contribution in [3.63, 3.8) is 0 Å². The van der Waals surface area contributed by atoms with Crippen LogP contribution in [-0.2, 0) is 11.2 Å². The number of aromatic nitrogens is 3. The van der Waals surface area contributed by atoms with Crippen LogP contribution in [0.3, 0.4) is 0 Å². The second-order valence-electron chi connectivity index (χ2n) is 4.35. The van der Waals surface area contributed by atoms with Gasteiger partial charge in [-0.2, -0.15) is 0 Å². The Morgan fingerprint density at radius 2 is 2.33 bits per heavy atom. The summed E-state index contributed by atoms with van der Waals surface area (Å²) in [5.41, 5.74) is 0. The average Bonchev–Trinajstić information content (AvgIpc) is 3.17. The molecule has 3 heterocycles. The van der Waals surface area contributed by atoms with Gasteiger partial charge in [-0.25, -0.2) is 0 Å². The molecule has 1 amide bonds. The van der Waals surface area contributed by atoms with Crippen molar-refractivity contribution in [3.8, 4) is 10.8 Å². The van der Waals surface area contributed by atoms with E-state index in [9.17, 15) is 4.79 Å². The van der Waals surface area contributed by atoms with Crippen molar-refractivity contribution in [3.05, 3.63) is 35.2 Å². The first-order valence-corrected chi connectivity index (χ1v) is 7.18. The molecule has 0 radical (unpaired) electrons. The van der Waals surface area contributed by atoms with Gasteiger partial charge in [0.25, 0.3) is 5.89 Å². The van der Waals surface area contributed by atoms with E-state index in [1.54, 1.807) is 13.0 Å². The molecule has 8 heteroatoms. The maximum atomic E-state index is 11.7. The lowest BCUT2D eigenvalue weighted by Gasteiger charge is -1.98. The molecule has 0 spiro atoms. The van der Waals surface area contributed by atoms with Crippen LogP contribution >= 0.6 is 11.3 Å². The van der Waals surface area contributed by atoms with Crippen molar-refractivity contribution in [2.45, 2.75) is 19.8 Å². The molecule has 21 heavy (non-hydrogen) atoms. The summed E-state index contributed by atoms with van der Waals surface area (Å²) in [4.78, 5) is 12.7. The molecule has 0 saturated heterocycles. The number of hydrogen-bond acceptors (Lipinski definition) is 7. The Bertz CT molecular complexity index is 732. The maximum absolute atomic E-state index is 11.7. The number of nitrogens with zero attached hydrogens (tertiary/aromatic N) is 3. The van der Waals surface area contributed by atoms with Crippen LogP contribution in [0.25, 0.3) is 10.8 Å². The number of carbonyl (C=O) groups excluding carboxylic acids is 1. The maximum Gasteiger partial charge on any atom is 0.257 e. The van der Waals surface area contributed by atoms with Gasteiger partial charge in [0, 0.05) is 18.9 Å². The lowest BCUT2D eigenvalue weighted by Crippen LogP contribution is -2.12. The smallest absolute Gasteiger partial charge is 0.257 e. The highest BCUT2D eigenvalue weighted by molar-refractivity contribution is 7.13. The molecule has 0 aliphatic heterocycles. The van der Waals surface area contributed by atoms with Crippen molar-refractivity contribution in [2.75, 3.05) is 5.32 Å². The number of hydrogen-bond donors (Lipinski definition) is 1. The quantitative estimate of drug-likeness (QED) is 0.778. The number of aryl methyl sites for hydroxylation is 2. The number of amides is 1. The minimum atomic E-state index is -0.181. The fourth-order valence-electron chi connectivity index (χ4n) is 1.71. The minimum absolute atomic E-state index is 0.181. The van der Waals surface area contributed by atoms with Gasteiger partial charge in [-0.05, 0) is 18.4 Å². The van der Waals surface area contributed by atoms with Crippen molar-refractivity contribution >= 4 is 23.1 Å². The lowest BCUT2D eigenvalue weighted by atomic mass is 10.3. The van der Waals surface area contributed by atoms with Gasteiger partial charge in [-0.15, -0.1) is 21.5 Å². The molecular formula is C13H12N4O3S. The van der Waals surface area contributed by atoms with Crippen LogP contribution in [0.5, 0.6) is 0 Å². The summed E-state index contributed by atoms with van der Waals surface area (Å²) < 4.78 is 10.4. The van der Waals surface area contributed by atoms with E-state index in [1.807, 2.05) is 17.5 Å². The van der Waals surface area contributed by atoms with Crippen LogP contribution in [0.1, 0.15) is 18.1 Å². The zero-order chi connectivity index (χ0) is 14.7. The van der Waals surface area contributed by atoms with E-state index in [1.165, 1.54) is 11.3 Å². The zero-order valence-corrected chi connectivity index (χ0v) is 12.0. The summed E-state index contributed by atoms with van der Waals surface area (Å²) in [6, 6.07) is 5.47. The molecule has 1 N–H and O–H groups in total. The van der Waals surface area contributed by atoms with Crippen molar-refractivity contribution in [2.24, 2.45) is 0 Å². The minimum Gasteiger partial charge on any atom is -0.420 e. The molecule has 3 aromatic heterocycles. The van der Waals surface area contributed by atoms with E-state index < -0.39 is 0 Å². The summed E-state index contributed by atoms with van der Waals surface area (Å²) in [5.74, 6) is 1.78. The van der Waals surface area contributed by atoms with Crippen molar-refractivity contribution < 1.29 is 13.7 Å². The molecule has 0 aliphatic carbocycles. The van der Waals surface area contributed by atoms with Gasteiger partial charge in [0.2, 0.25) is 11.8 Å². The van der Waals surface area contributed by atoms with E-state index in [4.69, 9.17) is 8.94 Å². The Labute approximate surface area is 124 Å². The normalized spacial score (nSPS) is 10.7. The Balaban J connectivity index is 1.54. The third-order valence-electron chi connectivity index (χ3n) is 2.66. The summed E-state index contributed by atoms with van der Waals surface area (Å²) in [7, 11) is 0. The third kappa shape index (κ3) is 3.34. The molecule has 0 aromatic carbocycles. The van der Waals surface area contributed by atoms with Crippen LogP contribution in [0.15, 0.2) is 32.5 Å². The Hall–Kier alpha value is -2.48. The molecule has 0 aliphatic rings. The molecule has 3 rings (SSSR count). The molecule has 3 aromatic rings. The Kier molecular flexibility index (Phi) is 3.78. The number of carbonyl (C=O) groups is 1. The second-order valence-corrected chi connectivity index (χ2v) is 5.30. The third-order valence-corrected chi connectivity index (χ3v) is 3.52. The largest absolute Gasteiger partial charge is 0.420 e. The zero-order valence-electron chi connectivity index (χ0n) is 11.2. The molecule has 0 fully saturated rings. The predicted octanol–water partition coefficient (Wildman–Crippen LogP) is 2.67. The summed E-state index contributed by atoms with van der Waals surface area (Å²) in [5, 5.41) is 16.2. The van der Waals surface area contributed by atoms with E-state index in [2.05, 4.69) is 20.7 Å². The monoisotopic (exact) mass is 304 g/mol. The summed E-state index contributed by atoms with van der Waals surface area (Å²) in [6.45, 7) is 1.76. The van der Waals surface area contributed by atoms with Gasteiger partial charge in [-0.1, -0.05) is 11.2 Å². The fraction of sp³-hybridized carbons (Fsp3) is 0.231. The van der Waals surface area contributed by atoms with E-state index in [0.29, 0.717) is 29.8 Å². The highest BCUT2D eigenvalue weighted by Gasteiger charge is 2.12. The van der Waals surface area contributed by atoms with Gasteiger partial charge < -0.3 is 14.3 Å². The molecule has 108 valence electrons. The van der Waals surface area contributed by atoms with Crippen LogP contribution < -0.4 is 5.32 Å². The second kappa shape index (κ2) is 5.88. The molecule has 0 unspecified atom stereocenters.